The molecule has 0 heterocycles. The van der Waals surface area contributed by atoms with Crippen LogP contribution in [0.3, 0.4) is 0 Å². The number of hydrogen-bond donors (Lipinski definition) is 0. The standard InChI is InChI=1S/C10H13NO/c1-5-6-7-10(9(4)12)11-8(2)3/h6-7H,1H2,2-4H3/b10-7-. The van der Waals surface area contributed by atoms with E-state index >= 15 is 0 Å². The Labute approximate surface area is 73.0 Å². The molecule has 0 aromatic rings. The molecule has 12 heavy (non-hydrogen) atoms. The van der Waals surface area contributed by atoms with Crippen LogP contribution in [0.15, 0.2) is 35.2 Å². The average Bonchev–Trinajstić information content (AvgIpc) is 1.96. The van der Waals surface area contributed by atoms with Gasteiger partial charge in [0.1, 0.15) is 5.70 Å². The molecule has 0 spiro atoms. The predicted octanol–water partition coefficient (Wildman–Crippen LogP) is 2.28. The Balaban J connectivity index is 4.79. The van der Waals surface area contributed by atoms with Crippen molar-refractivity contribution >= 4 is 11.5 Å². The fourth-order valence-corrected chi connectivity index (χ4v) is 0.612. The zero-order valence-electron chi connectivity index (χ0n) is 7.72. The molecule has 0 bridgehead atoms. The van der Waals surface area contributed by atoms with Crippen molar-refractivity contribution in [1.29, 1.82) is 0 Å². The van der Waals surface area contributed by atoms with Crippen molar-refractivity contribution in [2.24, 2.45) is 4.99 Å². The Morgan fingerprint density at radius 1 is 1.42 bits per heavy atom. The molecule has 0 radical (unpaired) electrons. The zero-order valence-corrected chi connectivity index (χ0v) is 7.72. The monoisotopic (exact) mass is 163 g/mol. The van der Waals surface area contributed by atoms with E-state index in [-0.39, 0.29) is 5.78 Å². The van der Waals surface area contributed by atoms with E-state index in [1.807, 2.05) is 13.8 Å². The summed E-state index contributed by atoms with van der Waals surface area (Å²) >= 11 is 0. The summed E-state index contributed by atoms with van der Waals surface area (Å²) in [5.74, 6) is -0.0531. The number of carbonyl (C=O) groups excluding carboxylic acids is 1. The average molecular weight is 163 g/mol. The van der Waals surface area contributed by atoms with E-state index in [9.17, 15) is 4.79 Å². The largest absolute Gasteiger partial charge is 0.293 e. The third-order valence-corrected chi connectivity index (χ3v) is 1.06. The molecular weight excluding hydrogens is 150 g/mol. The van der Waals surface area contributed by atoms with Gasteiger partial charge in [-0.25, -0.2) is 0 Å². The first-order valence-electron chi connectivity index (χ1n) is 3.67. The summed E-state index contributed by atoms with van der Waals surface area (Å²) in [7, 11) is 0. The van der Waals surface area contributed by atoms with Crippen LogP contribution in [0.4, 0.5) is 0 Å². The number of nitrogens with zero attached hydrogens (tertiary/aromatic N) is 1. The highest BCUT2D eigenvalue weighted by molar-refractivity contribution is 5.96. The van der Waals surface area contributed by atoms with Crippen LogP contribution in [0.5, 0.6) is 0 Å². The molecule has 0 aromatic heterocycles. The molecule has 2 nitrogen and oxygen atoms in total. The summed E-state index contributed by atoms with van der Waals surface area (Å²) in [5, 5.41) is 0. The van der Waals surface area contributed by atoms with Gasteiger partial charge in [-0.2, -0.15) is 0 Å². The second-order valence-corrected chi connectivity index (χ2v) is 2.54. The van der Waals surface area contributed by atoms with Gasteiger partial charge >= 0.3 is 0 Å². The van der Waals surface area contributed by atoms with Crippen LogP contribution >= 0.6 is 0 Å². The summed E-state index contributed by atoms with van der Waals surface area (Å²) in [5.41, 5.74) is 3.85. The normalized spacial score (nSPS) is 10.1. The third kappa shape index (κ3) is 4.42. The maximum Gasteiger partial charge on any atom is 0.178 e. The Bertz CT molecular complexity index is 274. The molecule has 0 amide bonds. The summed E-state index contributed by atoms with van der Waals surface area (Å²) in [4.78, 5) is 15.0. The lowest BCUT2D eigenvalue weighted by atomic mass is 10.3. The quantitative estimate of drug-likeness (QED) is 0.271. The lowest BCUT2D eigenvalue weighted by Crippen LogP contribution is -1.95. The summed E-state index contributed by atoms with van der Waals surface area (Å²) in [6, 6.07) is 0. The molecule has 0 saturated heterocycles. The van der Waals surface area contributed by atoms with Gasteiger partial charge in [-0.3, -0.25) is 9.79 Å². The summed E-state index contributed by atoms with van der Waals surface area (Å²) in [6.07, 6.45) is 3.17. The van der Waals surface area contributed by atoms with Crippen molar-refractivity contribution in [3.63, 3.8) is 0 Å². The van der Waals surface area contributed by atoms with Crippen LogP contribution in [0.1, 0.15) is 20.8 Å². The van der Waals surface area contributed by atoms with Gasteiger partial charge in [0, 0.05) is 12.6 Å². The Morgan fingerprint density at radius 2 is 2.00 bits per heavy atom. The molecule has 0 unspecified atom stereocenters. The van der Waals surface area contributed by atoms with E-state index in [0.717, 1.165) is 5.71 Å². The third-order valence-electron chi connectivity index (χ3n) is 1.06. The van der Waals surface area contributed by atoms with Gasteiger partial charge < -0.3 is 0 Å². The number of Topliss-reactive ketones (excluding diaryl/α,β-unsaturated/α-hetero) is 1. The van der Waals surface area contributed by atoms with E-state index in [2.05, 4.69) is 17.3 Å². The van der Waals surface area contributed by atoms with Crippen LogP contribution in [0, 0.1) is 0 Å². The van der Waals surface area contributed by atoms with Crippen molar-refractivity contribution in [3.05, 3.63) is 30.2 Å². The van der Waals surface area contributed by atoms with Crippen LogP contribution in [0.2, 0.25) is 0 Å². The zero-order chi connectivity index (χ0) is 9.56. The first-order valence-corrected chi connectivity index (χ1v) is 3.67. The van der Waals surface area contributed by atoms with Gasteiger partial charge in [0.25, 0.3) is 0 Å². The van der Waals surface area contributed by atoms with Crippen LogP contribution in [-0.2, 0) is 4.79 Å². The Morgan fingerprint density at radius 3 is 2.33 bits per heavy atom. The summed E-state index contributed by atoms with van der Waals surface area (Å²) < 4.78 is 0. The highest BCUT2D eigenvalue weighted by Crippen LogP contribution is 1.99. The van der Waals surface area contributed by atoms with Gasteiger partial charge in [0.05, 0.1) is 0 Å². The van der Waals surface area contributed by atoms with Crippen molar-refractivity contribution in [2.45, 2.75) is 20.8 Å². The number of hydrogen-bond acceptors (Lipinski definition) is 2. The summed E-state index contributed by atoms with van der Waals surface area (Å²) in [6.45, 7) is 8.55. The minimum Gasteiger partial charge on any atom is -0.293 e. The molecule has 0 saturated carbocycles. The lowest BCUT2D eigenvalue weighted by Gasteiger charge is -1.94. The van der Waals surface area contributed by atoms with Gasteiger partial charge in [-0.1, -0.05) is 6.58 Å². The fourth-order valence-electron chi connectivity index (χ4n) is 0.612. The molecule has 0 fully saturated rings. The number of rotatable bonds is 3. The highest BCUT2D eigenvalue weighted by atomic mass is 16.1. The smallest absolute Gasteiger partial charge is 0.178 e. The maximum absolute atomic E-state index is 10.9. The van der Waals surface area contributed by atoms with Crippen LogP contribution in [0.25, 0.3) is 0 Å². The van der Waals surface area contributed by atoms with E-state index in [1.54, 1.807) is 12.2 Å². The first-order chi connectivity index (χ1) is 5.57. The minimum absolute atomic E-state index is 0.0531. The van der Waals surface area contributed by atoms with E-state index in [0.29, 0.717) is 5.70 Å². The van der Waals surface area contributed by atoms with Crippen molar-refractivity contribution in [3.8, 4) is 0 Å². The predicted molar refractivity (Wildman–Crippen MR) is 51.3 cm³/mol. The first kappa shape index (κ1) is 10.6. The second-order valence-electron chi connectivity index (χ2n) is 2.54. The second kappa shape index (κ2) is 5.28. The lowest BCUT2D eigenvalue weighted by molar-refractivity contribution is -0.113. The molecule has 0 atom stereocenters. The Hall–Kier alpha value is -1.40. The fraction of sp³-hybridized carbons (Fsp3) is 0.300. The SMILES string of the molecule is C=C=C/C=C(\N=C(C)C)C(C)=O. The molecule has 0 aliphatic rings. The molecule has 64 valence electrons. The molecule has 0 aliphatic carbocycles. The number of carbonyl (C=O) groups is 1. The van der Waals surface area contributed by atoms with Gasteiger partial charge in [0.15, 0.2) is 5.78 Å². The van der Waals surface area contributed by atoms with Crippen LogP contribution in [-0.4, -0.2) is 11.5 Å². The highest BCUT2D eigenvalue weighted by Gasteiger charge is 1.98. The van der Waals surface area contributed by atoms with Gasteiger partial charge in [-0.05, 0) is 26.0 Å². The Kier molecular flexibility index (Phi) is 4.66. The molecule has 0 aromatic carbocycles. The number of aliphatic imine (C=N–C) groups is 1. The molecule has 2 heteroatoms. The molecule has 0 aliphatic heterocycles. The molecule has 0 N–H and O–H groups in total. The number of ketones is 1. The van der Waals surface area contributed by atoms with Crippen LogP contribution < -0.4 is 0 Å². The van der Waals surface area contributed by atoms with E-state index in [1.165, 1.54) is 6.92 Å². The topological polar surface area (TPSA) is 29.4 Å². The van der Waals surface area contributed by atoms with E-state index in [4.69, 9.17) is 0 Å². The van der Waals surface area contributed by atoms with Gasteiger partial charge in [-0.15, -0.1) is 5.73 Å². The van der Waals surface area contributed by atoms with Crippen molar-refractivity contribution in [2.75, 3.05) is 0 Å². The minimum atomic E-state index is -0.0531. The maximum atomic E-state index is 10.9. The van der Waals surface area contributed by atoms with Gasteiger partial charge in [0.2, 0.25) is 0 Å². The van der Waals surface area contributed by atoms with Crippen molar-refractivity contribution < 1.29 is 4.79 Å². The van der Waals surface area contributed by atoms with Crippen molar-refractivity contribution in [1.82, 2.24) is 0 Å². The molecule has 0 rings (SSSR count). The number of allylic oxidation sites excluding steroid dienone is 3. The van der Waals surface area contributed by atoms with E-state index < -0.39 is 0 Å². The molecular formula is C10H13NO.